The first-order chi connectivity index (χ1) is 8.99. The van der Waals surface area contributed by atoms with Gasteiger partial charge in [0.2, 0.25) is 0 Å². The van der Waals surface area contributed by atoms with Gasteiger partial charge in [0, 0.05) is 6.07 Å². The highest BCUT2D eigenvalue weighted by Gasteiger charge is 2.15. The summed E-state index contributed by atoms with van der Waals surface area (Å²) in [5, 5.41) is 11.2. The lowest BCUT2D eigenvalue weighted by molar-refractivity contribution is 0.102. The van der Waals surface area contributed by atoms with Gasteiger partial charge in [0.15, 0.2) is 0 Å². The van der Waals surface area contributed by atoms with Crippen molar-refractivity contribution in [2.24, 2.45) is 0 Å². The topological polar surface area (TPSA) is 49.3 Å². The summed E-state index contributed by atoms with van der Waals surface area (Å²) in [6.45, 7) is 0. The zero-order valence-corrected chi connectivity index (χ0v) is 10.2. The number of anilines is 1. The van der Waals surface area contributed by atoms with Crippen molar-refractivity contribution in [2.75, 3.05) is 5.32 Å². The Balaban J connectivity index is 2.31. The van der Waals surface area contributed by atoms with Gasteiger partial charge in [-0.25, -0.2) is 8.78 Å². The normalized spacial score (nSPS) is 10.3. The van der Waals surface area contributed by atoms with Crippen LogP contribution in [0.1, 0.15) is 10.4 Å². The molecule has 0 atom stereocenters. The summed E-state index contributed by atoms with van der Waals surface area (Å²) >= 11 is 5.74. The number of hydrogen-bond acceptors (Lipinski definition) is 2. The summed E-state index contributed by atoms with van der Waals surface area (Å²) in [4.78, 5) is 11.8. The summed E-state index contributed by atoms with van der Waals surface area (Å²) in [5.74, 6) is -2.80. The van der Waals surface area contributed by atoms with Gasteiger partial charge in [0.1, 0.15) is 17.4 Å². The van der Waals surface area contributed by atoms with E-state index in [1.807, 2.05) is 0 Å². The molecule has 2 N–H and O–H groups in total. The highest BCUT2D eigenvalue weighted by atomic mass is 35.5. The van der Waals surface area contributed by atoms with Gasteiger partial charge < -0.3 is 10.4 Å². The Morgan fingerprint density at radius 3 is 2.53 bits per heavy atom. The number of nitrogens with one attached hydrogen (secondary N) is 1. The zero-order chi connectivity index (χ0) is 14.0. The Morgan fingerprint density at radius 2 is 1.89 bits per heavy atom. The van der Waals surface area contributed by atoms with Gasteiger partial charge >= 0.3 is 0 Å². The van der Waals surface area contributed by atoms with E-state index in [4.69, 9.17) is 16.7 Å². The summed E-state index contributed by atoms with van der Waals surface area (Å²) < 4.78 is 26.9. The number of aromatic hydroxyl groups is 1. The first-order valence-electron chi connectivity index (χ1n) is 5.23. The van der Waals surface area contributed by atoms with Crippen molar-refractivity contribution in [3.8, 4) is 5.75 Å². The molecule has 0 heterocycles. The molecule has 6 heteroatoms. The molecule has 0 saturated carbocycles. The van der Waals surface area contributed by atoms with Gasteiger partial charge in [0.25, 0.3) is 5.91 Å². The predicted molar refractivity (Wildman–Crippen MR) is 67.4 cm³/mol. The van der Waals surface area contributed by atoms with Crippen LogP contribution >= 0.6 is 11.6 Å². The molecule has 0 aliphatic rings. The number of phenols is 1. The number of rotatable bonds is 2. The van der Waals surface area contributed by atoms with Crippen LogP contribution < -0.4 is 5.32 Å². The fourth-order valence-electron chi connectivity index (χ4n) is 1.49. The van der Waals surface area contributed by atoms with Crippen molar-refractivity contribution in [3.05, 3.63) is 58.6 Å². The third-order valence-corrected chi connectivity index (χ3v) is 2.71. The molecule has 0 saturated heterocycles. The van der Waals surface area contributed by atoms with E-state index in [1.165, 1.54) is 12.1 Å². The molecule has 0 radical (unpaired) electrons. The van der Waals surface area contributed by atoms with Crippen LogP contribution in [0.25, 0.3) is 0 Å². The molecule has 0 unspecified atom stereocenters. The minimum Gasteiger partial charge on any atom is -0.508 e. The fourth-order valence-corrected chi connectivity index (χ4v) is 1.70. The SMILES string of the molecule is O=C(Nc1c(F)cccc1Cl)c1ccc(O)cc1F. The number of hydrogen-bond donors (Lipinski definition) is 2. The first kappa shape index (κ1) is 13.3. The van der Waals surface area contributed by atoms with Crippen LogP contribution in [0.3, 0.4) is 0 Å². The number of halogens is 3. The number of benzene rings is 2. The smallest absolute Gasteiger partial charge is 0.258 e. The van der Waals surface area contributed by atoms with Crippen molar-refractivity contribution in [1.82, 2.24) is 0 Å². The van der Waals surface area contributed by atoms with Gasteiger partial charge in [-0.1, -0.05) is 17.7 Å². The lowest BCUT2D eigenvalue weighted by Crippen LogP contribution is -2.15. The van der Waals surface area contributed by atoms with Crippen molar-refractivity contribution in [1.29, 1.82) is 0 Å². The average Bonchev–Trinajstić information content (AvgIpc) is 2.33. The molecule has 1 amide bonds. The second-order valence-corrected chi connectivity index (χ2v) is 4.12. The van der Waals surface area contributed by atoms with Crippen LogP contribution in [0.2, 0.25) is 5.02 Å². The van der Waals surface area contributed by atoms with Gasteiger partial charge in [-0.05, 0) is 24.3 Å². The van der Waals surface area contributed by atoms with E-state index < -0.39 is 17.5 Å². The Morgan fingerprint density at radius 1 is 1.16 bits per heavy atom. The molecule has 2 aromatic rings. The molecule has 0 aliphatic heterocycles. The second-order valence-electron chi connectivity index (χ2n) is 3.71. The van der Waals surface area contributed by atoms with Crippen LogP contribution in [-0.2, 0) is 0 Å². The van der Waals surface area contributed by atoms with Crippen molar-refractivity contribution >= 4 is 23.2 Å². The number of carbonyl (C=O) groups is 1. The fraction of sp³-hybridized carbons (Fsp3) is 0. The number of phenolic OH excluding ortho intramolecular Hbond substituents is 1. The van der Waals surface area contributed by atoms with E-state index in [1.54, 1.807) is 0 Å². The predicted octanol–water partition coefficient (Wildman–Crippen LogP) is 3.58. The molecule has 19 heavy (non-hydrogen) atoms. The van der Waals surface area contributed by atoms with Gasteiger partial charge in [0.05, 0.1) is 16.3 Å². The van der Waals surface area contributed by atoms with E-state index >= 15 is 0 Å². The molecule has 2 rings (SSSR count). The summed E-state index contributed by atoms with van der Waals surface area (Å²) in [6, 6.07) is 6.93. The Hall–Kier alpha value is -2.14. The van der Waals surface area contributed by atoms with Gasteiger partial charge in [-0.2, -0.15) is 0 Å². The maximum Gasteiger partial charge on any atom is 0.258 e. The van der Waals surface area contributed by atoms with Crippen LogP contribution in [0.4, 0.5) is 14.5 Å². The third kappa shape index (κ3) is 2.82. The van der Waals surface area contributed by atoms with Crippen molar-refractivity contribution < 1.29 is 18.7 Å². The standard InChI is InChI=1S/C13H8ClF2NO2/c14-9-2-1-3-10(15)12(9)17-13(19)8-5-4-7(18)6-11(8)16/h1-6,18H,(H,17,19). The summed E-state index contributed by atoms with van der Waals surface area (Å²) in [5.41, 5.74) is -0.543. The zero-order valence-electron chi connectivity index (χ0n) is 9.45. The number of para-hydroxylation sites is 1. The minimum atomic E-state index is -0.912. The molecule has 0 aliphatic carbocycles. The number of amides is 1. The van der Waals surface area contributed by atoms with E-state index in [-0.39, 0.29) is 22.0 Å². The maximum absolute atomic E-state index is 13.5. The molecule has 0 spiro atoms. The van der Waals surface area contributed by atoms with E-state index in [0.29, 0.717) is 0 Å². The van der Waals surface area contributed by atoms with Crippen molar-refractivity contribution in [3.63, 3.8) is 0 Å². The summed E-state index contributed by atoms with van der Waals surface area (Å²) in [6.07, 6.45) is 0. The molecule has 0 aromatic heterocycles. The molecular formula is C13H8ClF2NO2. The van der Waals surface area contributed by atoms with Gasteiger partial charge in [-0.15, -0.1) is 0 Å². The molecule has 98 valence electrons. The molecule has 3 nitrogen and oxygen atoms in total. The Bertz CT molecular complexity index is 626. The van der Waals surface area contributed by atoms with E-state index in [9.17, 15) is 13.6 Å². The largest absolute Gasteiger partial charge is 0.508 e. The van der Waals surface area contributed by atoms with Crippen molar-refractivity contribution in [2.45, 2.75) is 0 Å². The monoisotopic (exact) mass is 283 g/mol. The van der Waals surface area contributed by atoms with Crippen LogP contribution in [0.5, 0.6) is 5.75 Å². The molecule has 0 fully saturated rings. The molecule has 2 aromatic carbocycles. The molecule has 0 bridgehead atoms. The highest BCUT2D eigenvalue weighted by Crippen LogP contribution is 2.25. The van der Waals surface area contributed by atoms with Gasteiger partial charge in [-0.3, -0.25) is 4.79 Å². The van der Waals surface area contributed by atoms with E-state index in [2.05, 4.69) is 5.32 Å². The minimum absolute atomic E-state index is 0.00698. The quantitative estimate of drug-likeness (QED) is 0.885. The highest BCUT2D eigenvalue weighted by molar-refractivity contribution is 6.34. The second kappa shape index (κ2) is 5.24. The lowest BCUT2D eigenvalue weighted by Gasteiger charge is -2.09. The Labute approximate surface area is 112 Å². The Kier molecular flexibility index (Phi) is 3.66. The third-order valence-electron chi connectivity index (χ3n) is 2.40. The molecular weight excluding hydrogens is 276 g/mol. The maximum atomic E-state index is 13.5. The van der Waals surface area contributed by atoms with Crippen LogP contribution in [-0.4, -0.2) is 11.0 Å². The average molecular weight is 284 g/mol. The van der Waals surface area contributed by atoms with Crippen LogP contribution in [0, 0.1) is 11.6 Å². The lowest BCUT2D eigenvalue weighted by atomic mass is 10.2. The summed E-state index contributed by atoms with van der Waals surface area (Å²) in [7, 11) is 0. The van der Waals surface area contributed by atoms with E-state index in [0.717, 1.165) is 24.3 Å². The van der Waals surface area contributed by atoms with Crippen LogP contribution in [0.15, 0.2) is 36.4 Å². The first-order valence-corrected chi connectivity index (χ1v) is 5.60. The number of carbonyl (C=O) groups excluding carboxylic acids is 1.